The van der Waals surface area contributed by atoms with Crippen LogP contribution in [0.2, 0.25) is 0 Å². The lowest BCUT2D eigenvalue weighted by molar-refractivity contribution is 0.0585. The third-order valence-electron chi connectivity index (χ3n) is 4.62. The van der Waals surface area contributed by atoms with Crippen LogP contribution in [0.3, 0.4) is 0 Å². The maximum Gasteiger partial charge on any atom is 0.261 e. The zero-order valence-electron chi connectivity index (χ0n) is 15.6. The van der Waals surface area contributed by atoms with E-state index in [9.17, 15) is 18.3 Å². The van der Waals surface area contributed by atoms with Gasteiger partial charge in [-0.25, -0.2) is 13.1 Å². The van der Waals surface area contributed by atoms with Crippen molar-refractivity contribution in [2.45, 2.75) is 30.9 Å². The molecule has 3 aromatic rings. The molecule has 0 saturated heterocycles. The highest BCUT2D eigenvalue weighted by Gasteiger charge is 2.33. The Hall–Kier alpha value is -2.74. The van der Waals surface area contributed by atoms with Gasteiger partial charge in [-0.3, -0.25) is 9.36 Å². The van der Waals surface area contributed by atoms with Crippen LogP contribution in [0.4, 0.5) is 0 Å². The minimum Gasteiger partial charge on any atom is -0.381 e. The monoisotopic (exact) mass is 398 g/mol. The van der Waals surface area contributed by atoms with E-state index in [1.54, 1.807) is 62.4 Å². The van der Waals surface area contributed by atoms with E-state index < -0.39 is 28.1 Å². The van der Waals surface area contributed by atoms with E-state index in [0.717, 1.165) is 5.56 Å². The molecule has 0 radical (unpaired) electrons. The van der Waals surface area contributed by atoms with Crippen LogP contribution in [-0.4, -0.2) is 30.1 Å². The van der Waals surface area contributed by atoms with Crippen molar-refractivity contribution in [2.75, 3.05) is 0 Å². The smallest absolute Gasteiger partial charge is 0.261 e. The van der Waals surface area contributed by atoms with Crippen LogP contribution in [0, 0.1) is 13.8 Å². The van der Waals surface area contributed by atoms with Crippen molar-refractivity contribution in [3.63, 3.8) is 0 Å². The van der Waals surface area contributed by atoms with Gasteiger partial charge in [-0.15, -0.1) is 0 Å². The Morgan fingerprint density at radius 3 is 2.11 bits per heavy atom. The molecule has 1 heterocycles. The summed E-state index contributed by atoms with van der Waals surface area (Å²) in [6.07, 6.45) is 1.42. The van der Waals surface area contributed by atoms with Gasteiger partial charge < -0.3 is 5.11 Å². The molecule has 0 aliphatic heterocycles. The number of sulfonamides is 1. The Bertz CT molecular complexity index is 1080. The fourth-order valence-corrected chi connectivity index (χ4v) is 4.57. The van der Waals surface area contributed by atoms with Gasteiger partial charge in [-0.1, -0.05) is 42.5 Å². The van der Waals surface area contributed by atoms with E-state index in [1.807, 2.05) is 6.07 Å². The first-order valence-electron chi connectivity index (χ1n) is 8.80. The molecular formula is C21H22N2O4S. The van der Waals surface area contributed by atoms with Crippen LogP contribution in [0.1, 0.15) is 27.5 Å². The van der Waals surface area contributed by atoms with Gasteiger partial charge in [0.05, 0.1) is 10.9 Å². The zero-order valence-corrected chi connectivity index (χ0v) is 16.4. The SMILES string of the molecule is Cc1ccccc1[C@H](NS(=O)(=O)c1ccccc1C)[C@H](O)C(=O)n1cccc1. The van der Waals surface area contributed by atoms with Gasteiger partial charge >= 0.3 is 0 Å². The molecule has 0 aliphatic rings. The van der Waals surface area contributed by atoms with Crippen molar-refractivity contribution in [3.05, 3.63) is 89.7 Å². The summed E-state index contributed by atoms with van der Waals surface area (Å²) in [5.74, 6) is -0.620. The molecule has 2 N–H and O–H groups in total. The van der Waals surface area contributed by atoms with E-state index in [4.69, 9.17) is 0 Å². The molecule has 146 valence electrons. The average Bonchev–Trinajstić information content (AvgIpc) is 3.20. The Morgan fingerprint density at radius 1 is 0.929 bits per heavy atom. The Kier molecular flexibility index (Phi) is 5.79. The van der Waals surface area contributed by atoms with Gasteiger partial charge in [0.15, 0.2) is 6.10 Å². The fraction of sp³-hybridized carbons (Fsp3) is 0.190. The normalized spacial score (nSPS) is 13.8. The van der Waals surface area contributed by atoms with E-state index in [2.05, 4.69) is 4.72 Å². The van der Waals surface area contributed by atoms with Crippen LogP contribution in [0.25, 0.3) is 0 Å². The second-order valence-electron chi connectivity index (χ2n) is 6.59. The quantitative estimate of drug-likeness (QED) is 0.668. The molecule has 1 aromatic heterocycles. The molecule has 7 heteroatoms. The average molecular weight is 398 g/mol. The van der Waals surface area contributed by atoms with Crippen molar-refractivity contribution in [1.82, 2.24) is 9.29 Å². The molecule has 0 bridgehead atoms. The number of hydrogen-bond acceptors (Lipinski definition) is 4. The minimum absolute atomic E-state index is 0.106. The highest BCUT2D eigenvalue weighted by molar-refractivity contribution is 7.89. The first kappa shape index (κ1) is 20.0. The predicted octanol–water partition coefficient (Wildman–Crippen LogP) is 2.83. The number of hydrogen-bond donors (Lipinski definition) is 2. The van der Waals surface area contributed by atoms with Gasteiger partial charge in [-0.05, 0) is 48.7 Å². The summed E-state index contributed by atoms with van der Waals surface area (Å²) in [5.41, 5.74) is 1.87. The standard InChI is InChI=1S/C21H22N2O4S/c1-15-9-3-5-11-17(15)19(20(24)21(25)23-13-7-8-14-23)22-28(26,27)18-12-6-4-10-16(18)2/h3-14,19-20,22,24H,1-2H3/t19-,20-/m0/s1. The van der Waals surface area contributed by atoms with Gasteiger partial charge in [0, 0.05) is 12.4 Å². The molecular weight excluding hydrogens is 376 g/mol. The topological polar surface area (TPSA) is 88.4 Å². The maximum atomic E-state index is 13.0. The fourth-order valence-electron chi connectivity index (χ4n) is 3.10. The molecule has 0 spiro atoms. The summed E-state index contributed by atoms with van der Waals surface area (Å²) in [7, 11) is -3.97. The van der Waals surface area contributed by atoms with Crippen LogP contribution in [0.5, 0.6) is 0 Å². The highest BCUT2D eigenvalue weighted by atomic mass is 32.2. The zero-order chi connectivity index (χ0) is 20.3. The lowest BCUT2D eigenvalue weighted by Gasteiger charge is -2.25. The molecule has 0 fully saturated rings. The predicted molar refractivity (Wildman–Crippen MR) is 106 cm³/mol. The highest BCUT2D eigenvalue weighted by Crippen LogP contribution is 2.25. The number of aryl methyl sites for hydroxylation is 2. The summed E-state index contributed by atoms with van der Waals surface area (Å²) in [6.45, 7) is 3.50. The van der Waals surface area contributed by atoms with E-state index in [0.29, 0.717) is 11.1 Å². The summed E-state index contributed by atoms with van der Waals surface area (Å²) in [5, 5.41) is 10.8. The Balaban J connectivity index is 2.03. The number of nitrogens with zero attached hydrogens (tertiary/aromatic N) is 1. The summed E-state index contributed by atoms with van der Waals surface area (Å²) in [6, 6.07) is 15.8. The molecule has 28 heavy (non-hydrogen) atoms. The van der Waals surface area contributed by atoms with E-state index in [1.165, 1.54) is 23.0 Å². The van der Waals surface area contributed by atoms with Crippen molar-refractivity contribution in [3.8, 4) is 0 Å². The van der Waals surface area contributed by atoms with Crippen LogP contribution < -0.4 is 4.72 Å². The van der Waals surface area contributed by atoms with Crippen LogP contribution >= 0.6 is 0 Å². The van der Waals surface area contributed by atoms with Gasteiger partial charge in [0.1, 0.15) is 0 Å². The summed E-state index contributed by atoms with van der Waals surface area (Å²) in [4.78, 5) is 12.8. The minimum atomic E-state index is -3.97. The molecule has 2 aromatic carbocycles. The molecule has 0 saturated carbocycles. The first-order valence-corrected chi connectivity index (χ1v) is 10.3. The third kappa shape index (κ3) is 4.06. The third-order valence-corrected chi connectivity index (χ3v) is 6.22. The molecule has 0 amide bonds. The molecule has 6 nitrogen and oxygen atoms in total. The van der Waals surface area contributed by atoms with Crippen molar-refractivity contribution < 1.29 is 18.3 Å². The second kappa shape index (κ2) is 8.10. The summed E-state index contributed by atoms with van der Waals surface area (Å²) < 4.78 is 29.8. The van der Waals surface area contributed by atoms with E-state index in [-0.39, 0.29) is 4.90 Å². The number of carbonyl (C=O) groups excluding carboxylic acids is 1. The Morgan fingerprint density at radius 2 is 1.50 bits per heavy atom. The maximum absolute atomic E-state index is 13.0. The number of benzene rings is 2. The van der Waals surface area contributed by atoms with E-state index >= 15 is 0 Å². The second-order valence-corrected chi connectivity index (χ2v) is 8.28. The first-order chi connectivity index (χ1) is 13.3. The number of carbonyl (C=O) groups is 1. The molecule has 0 aliphatic carbocycles. The van der Waals surface area contributed by atoms with Gasteiger partial charge in [0.25, 0.3) is 5.91 Å². The van der Waals surface area contributed by atoms with Crippen molar-refractivity contribution in [1.29, 1.82) is 0 Å². The summed E-state index contributed by atoms with van der Waals surface area (Å²) >= 11 is 0. The number of aliphatic hydroxyl groups excluding tert-OH is 1. The van der Waals surface area contributed by atoms with Crippen molar-refractivity contribution >= 4 is 15.9 Å². The number of rotatable bonds is 6. The number of nitrogens with one attached hydrogen (secondary N) is 1. The molecule has 2 atom stereocenters. The lowest BCUT2D eigenvalue weighted by atomic mass is 9.97. The van der Waals surface area contributed by atoms with Crippen molar-refractivity contribution in [2.24, 2.45) is 0 Å². The number of aliphatic hydroxyl groups is 1. The Labute approximate surface area is 164 Å². The van der Waals surface area contributed by atoms with Crippen LogP contribution in [-0.2, 0) is 10.0 Å². The number of aromatic nitrogens is 1. The largest absolute Gasteiger partial charge is 0.381 e. The lowest BCUT2D eigenvalue weighted by Crippen LogP contribution is -2.42. The van der Waals surface area contributed by atoms with Crippen LogP contribution in [0.15, 0.2) is 78.0 Å². The molecule has 0 unspecified atom stereocenters. The van der Waals surface area contributed by atoms with Gasteiger partial charge in [0.2, 0.25) is 10.0 Å². The molecule has 3 rings (SSSR count). The van der Waals surface area contributed by atoms with Gasteiger partial charge in [-0.2, -0.15) is 0 Å².